The molecule has 2 heterocycles. The molecule has 0 N–H and O–H groups in total. The molecule has 310 valence electrons. The van der Waals surface area contributed by atoms with Crippen LogP contribution in [0.1, 0.15) is 41.8 Å². The molecule has 0 amide bonds. The summed E-state index contributed by atoms with van der Waals surface area (Å²) in [4.78, 5) is 10.6. The van der Waals surface area contributed by atoms with Crippen LogP contribution >= 0.6 is 0 Å². The summed E-state index contributed by atoms with van der Waals surface area (Å²) in [5.74, 6) is 0.675. The third kappa shape index (κ3) is 7.03. The zero-order valence-corrected chi connectivity index (χ0v) is 36.8. The molecule has 1 aliphatic rings. The van der Waals surface area contributed by atoms with Gasteiger partial charge in [0.2, 0.25) is 0 Å². The van der Waals surface area contributed by atoms with Gasteiger partial charge < -0.3 is 4.57 Å². The van der Waals surface area contributed by atoms with Crippen LogP contribution in [0.15, 0.2) is 219 Å². The van der Waals surface area contributed by atoms with Crippen LogP contribution in [-0.4, -0.2) is 14.5 Å². The molecule has 1 aliphatic carbocycles. The summed E-state index contributed by atoms with van der Waals surface area (Å²) in [5.41, 5.74) is 21.4. The summed E-state index contributed by atoms with van der Waals surface area (Å²) in [6, 6.07) is 73.6. The molecule has 0 saturated heterocycles. The smallest absolute Gasteiger partial charge is 0.160 e. The third-order valence-electron chi connectivity index (χ3n) is 13.2. The summed E-state index contributed by atoms with van der Waals surface area (Å²) in [5, 5.41) is 1.18. The van der Waals surface area contributed by atoms with E-state index in [2.05, 4.69) is 238 Å². The van der Waals surface area contributed by atoms with Crippen molar-refractivity contribution >= 4 is 22.6 Å². The molecular weight excluding hydrogens is 787 g/mol. The van der Waals surface area contributed by atoms with Gasteiger partial charge in [0.1, 0.15) is 0 Å². The number of allylic oxidation sites excluding steroid dienone is 2. The molecule has 2 aromatic heterocycles. The lowest BCUT2D eigenvalue weighted by atomic mass is 9.81. The molecule has 0 atom stereocenters. The van der Waals surface area contributed by atoms with Gasteiger partial charge in [-0.25, -0.2) is 9.97 Å². The predicted molar refractivity (Wildman–Crippen MR) is 273 cm³/mol. The minimum atomic E-state index is -0.0780. The van der Waals surface area contributed by atoms with Crippen molar-refractivity contribution in [3.05, 3.63) is 247 Å². The van der Waals surface area contributed by atoms with Crippen molar-refractivity contribution < 1.29 is 0 Å². The van der Waals surface area contributed by atoms with E-state index in [9.17, 15) is 0 Å². The average molecular weight is 834 g/mol. The van der Waals surface area contributed by atoms with Crippen molar-refractivity contribution in [1.82, 2.24) is 14.5 Å². The quantitative estimate of drug-likeness (QED) is 0.136. The predicted octanol–water partition coefficient (Wildman–Crippen LogP) is 16.1. The Hall–Kier alpha value is -8.14. The van der Waals surface area contributed by atoms with Crippen molar-refractivity contribution in [2.24, 2.45) is 0 Å². The Morgan fingerprint density at radius 3 is 1.83 bits per heavy atom. The van der Waals surface area contributed by atoms with E-state index in [0.717, 1.165) is 78.4 Å². The highest BCUT2D eigenvalue weighted by atomic mass is 15.0. The highest BCUT2D eigenvalue weighted by Gasteiger charge is 2.35. The molecule has 65 heavy (non-hydrogen) atoms. The van der Waals surface area contributed by atoms with Gasteiger partial charge in [-0.15, -0.1) is 0 Å². The monoisotopic (exact) mass is 833 g/mol. The van der Waals surface area contributed by atoms with Crippen molar-refractivity contribution in [3.8, 4) is 73.0 Å². The third-order valence-corrected chi connectivity index (χ3v) is 13.2. The molecule has 0 spiro atoms. The molecule has 3 heteroatoms. The van der Waals surface area contributed by atoms with E-state index in [4.69, 9.17) is 9.97 Å². The molecule has 0 saturated carbocycles. The van der Waals surface area contributed by atoms with Gasteiger partial charge in [-0.1, -0.05) is 190 Å². The first-order valence-electron chi connectivity index (χ1n) is 22.4. The zero-order chi connectivity index (χ0) is 44.1. The Morgan fingerprint density at radius 1 is 0.492 bits per heavy atom. The summed E-state index contributed by atoms with van der Waals surface area (Å²) in [7, 11) is 0. The van der Waals surface area contributed by atoms with E-state index < -0.39 is 0 Å². The minimum absolute atomic E-state index is 0.0780. The largest absolute Gasteiger partial charge is 0.313 e. The van der Waals surface area contributed by atoms with Gasteiger partial charge in [0.05, 0.1) is 16.9 Å². The van der Waals surface area contributed by atoms with Crippen LogP contribution in [-0.2, 0) is 5.41 Å². The molecular formula is C62H47N3. The van der Waals surface area contributed by atoms with Gasteiger partial charge in [0, 0.05) is 44.4 Å². The van der Waals surface area contributed by atoms with E-state index in [1.807, 2.05) is 12.1 Å². The lowest BCUT2D eigenvalue weighted by Crippen LogP contribution is -2.14. The molecule has 0 fully saturated rings. The standard InChI is InChI=1S/C62H47N3/c1-5-42(43-20-9-6-10-21-43)38-54-41(2)65(50-28-13-8-14-29-50)59-33-19-31-51(60(54)59)47-25-18-27-49(37-47)61-63-57(44-22-11-7-12-23-44)40-58(64-61)48-26-17-24-45(36-48)46-34-35-53-52-30-15-16-32-55(52)62(3,4)56(53)39-46/h5-40H,1H2,2-4H3/b42-38+. The van der Waals surface area contributed by atoms with Crippen LogP contribution in [0.3, 0.4) is 0 Å². The van der Waals surface area contributed by atoms with Crippen LogP contribution in [0.25, 0.3) is 95.5 Å². The number of aromatic nitrogens is 3. The van der Waals surface area contributed by atoms with Crippen LogP contribution in [0.2, 0.25) is 0 Å². The van der Waals surface area contributed by atoms with Crippen LogP contribution in [0.4, 0.5) is 0 Å². The van der Waals surface area contributed by atoms with E-state index >= 15 is 0 Å². The van der Waals surface area contributed by atoms with Crippen LogP contribution in [0.5, 0.6) is 0 Å². The first kappa shape index (κ1) is 39.7. The van der Waals surface area contributed by atoms with E-state index in [-0.39, 0.29) is 5.41 Å². The molecule has 0 radical (unpaired) electrons. The number of nitrogens with zero attached hydrogens (tertiary/aromatic N) is 3. The maximum atomic E-state index is 5.36. The number of hydrogen-bond donors (Lipinski definition) is 0. The number of rotatable bonds is 9. The lowest BCUT2D eigenvalue weighted by molar-refractivity contribution is 0.660. The zero-order valence-electron chi connectivity index (χ0n) is 36.8. The maximum absolute atomic E-state index is 5.36. The summed E-state index contributed by atoms with van der Waals surface area (Å²) in [6.45, 7) is 11.1. The number of hydrogen-bond acceptors (Lipinski definition) is 2. The summed E-state index contributed by atoms with van der Waals surface area (Å²) < 4.78 is 2.37. The molecule has 0 aliphatic heterocycles. The highest BCUT2D eigenvalue weighted by Crippen LogP contribution is 2.49. The van der Waals surface area contributed by atoms with Gasteiger partial charge in [-0.3, -0.25) is 0 Å². The Morgan fingerprint density at radius 2 is 1.06 bits per heavy atom. The second-order valence-electron chi connectivity index (χ2n) is 17.5. The second-order valence-corrected chi connectivity index (χ2v) is 17.5. The van der Waals surface area contributed by atoms with Gasteiger partial charge in [0.25, 0.3) is 0 Å². The van der Waals surface area contributed by atoms with Crippen molar-refractivity contribution in [2.45, 2.75) is 26.2 Å². The summed E-state index contributed by atoms with van der Waals surface area (Å²) in [6.07, 6.45) is 4.25. The van der Waals surface area contributed by atoms with Gasteiger partial charge in [-0.2, -0.15) is 0 Å². The SMILES string of the molecule is C=C/C(=C\c1c(C)n(-c2ccccc2)c2cccc(-c3cccc(-c4nc(-c5ccccc5)cc(-c5cccc(-c6ccc7c(c6)C(C)(C)c6ccccc6-7)c5)n4)c3)c12)c1ccccc1. The van der Waals surface area contributed by atoms with E-state index in [1.165, 1.54) is 33.2 Å². The van der Waals surface area contributed by atoms with Crippen LogP contribution < -0.4 is 0 Å². The summed E-state index contributed by atoms with van der Waals surface area (Å²) >= 11 is 0. The Bertz CT molecular complexity index is 3460. The average Bonchev–Trinajstić information content (AvgIpc) is 3.78. The fraction of sp³-hybridized carbons (Fsp3) is 0.0645. The Balaban J connectivity index is 1.04. The lowest BCUT2D eigenvalue weighted by Gasteiger charge is -2.22. The van der Waals surface area contributed by atoms with Gasteiger partial charge in [0.15, 0.2) is 5.82 Å². The number of benzene rings is 8. The molecule has 0 bridgehead atoms. The molecule has 8 aromatic carbocycles. The van der Waals surface area contributed by atoms with Crippen LogP contribution in [0, 0.1) is 6.92 Å². The Kier molecular flexibility index (Phi) is 9.89. The number of para-hydroxylation sites is 1. The fourth-order valence-electron chi connectivity index (χ4n) is 9.91. The first-order chi connectivity index (χ1) is 31.9. The van der Waals surface area contributed by atoms with Crippen molar-refractivity contribution in [3.63, 3.8) is 0 Å². The number of fused-ring (bicyclic) bond motifs is 4. The first-order valence-corrected chi connectivity index (χ1v) is 22.4. The topological polar surface area (TPSA) is 30.7 Å². The molecule has 10 aromatic rings. The molecule has 11 rings (SSSR count). The van der Waals surface area contributed by atoms with E-state index in [1.54, 1.807) is 0 Å². The highest BCUT2D eigenvalue weighted by molar-refractivity contribution is 6.06. The van der Waals surface area contributed by atoms with Gasteiger partial charge >= 0.3 is 0 Å². The van der Waals surface area contributed by atoms with E-state index in [0.29, 0.717) is 5.82 Å². The maximum Gasteiger partial charge on any atom is 0.160 e. The normalized spacial score (nSPS) is 12.8. The molecule has 0 unspecified atom stereocenters. The fourth-order valence-corrected chi connectivity index (χ4v) is 9.91. The minimum Gasteiger partial charge on any atom is -0.313 e. The molecule has 3 nitrogen and oxygen atoms in total. The van der Waals surface area contributed by atoms with Gasteiger partial charge in [-0.05, 0) is 111 Å². The Labute approximate surface area is 381 Å². The van der Waals surface area contributed by atoms with Crippen molar-refractivity contribution in [1.29, 1.82) is 0 Å². The van der Waals surface area contributed by atoms with Crippen molar-refractivity contribution in [2.75, 3.05) is 0 Å². The second kappa shape index (κ2) is 16.2.